The van der Waals surface area contributed by atoms with Gasteiger partial charge in [0.15, 0.2) is 5.96 Å². The van der Waals surface area contributed by atoms with E-state index in [1.54, 1.807) is 6.07 Å². The molecule has 7 nitrogen and oxygen atoms in total. The molecule has 0 amide bonds. The van der Waals surface area contributed by atoms with Crippen molar-refractivity contribution in [1.29, 1.82) is 0 Å². The van der Waals surface area contributed by atoms with Gasteiger partial charge in [-0.2, -0.15) is 4.31 Å². The number of sulfonamides is 1. The predicted molar refractivity (Wildman–Crippen MR) is 135 cm³/mol. The van der Waals surface area contributed by atoms with Crippen LogP contribution >= 0.6 is 35.3 Å². The highest BCUT2D eigenvalue weighted by molar-refractivity contribution is 14.0. The van der Waals surface area contributed by atoms with Crippen molar-refractivity contribution in [3.63, 3.8) is 0 Å². The number of hydrogen-bond donors (Lipinski definition) is 2. The van der Waals surface area contributed by atoms with Crippen molar-refractivity contribution in [2.24, 2.45) is 10.9 Å². The van der Waals surface area contributed by atoms with Crippen LogP contribution in [-0.4, -0.2) is 57.6 Å². The standard InChI is InChI=1S/C20H36N4O3S2.HI/c1-5-21-20(23-17(4)8-6-7-16(2)3)22-15-18-9-10-19(28-18)29(25,26)24-11-13-27-14-12-24;/h9-10,16-17H,5-8,11-15H2,1-4H3,(H2,21,22,23);1H. The van der Waals surface area contributed by atoms with Crippen LogP contribution in [0.25, 0.3) is 0 Å². The zero-order chi connectivity index (χ0) is 21.3. The Bertz CT molecular complexity index is 747. The molecular formula is C20H37IN4O3S2. The van der Waals surface area contributed by atoms with Crippen LogP contribution in [0.4, 0.5) is 0 Å². The molecule has 1 saturated heterocycles. The van der Waals surface area contributed by atoms with Gasteiger partial charge in [0.2, 0.25) is 0 Å². The maximum atomic E-state index is 12.8. The third kappa shape index (κ3) is 8.97. The van der Waals surface area contributed by atoms with E-state index in [9.17, 15) is 8.42 Å². The summed E-state index contributed by atoms with van der Waals surface area (Å²) in [5, 5.41) is 6.73. The second-order valence-electron chi connectivity index (χ2n) is 7.80. The summed E-state index contributed by atoms with van der Waals surface area (Å²) in [6.07, 6.45) is 3.53. The average molecular weight is 573 g/mol. The number of nitrogens with zero attached hydrogens (tertiary/aromatic N) is 2. The molecule has 1 aromatic heterocycles. The minimum atomic E-state index is -3.43. The molecule has 0 aromatic carbocycles. The van der Waals surface area contributed by atoms with E-state index in [4.69, 9.17) is 4.74 Å². The van der Waals surface area contributed by atoms with Crippen molar-refractivity contribution in [2.75, 3.05) is 32.8 Å². The lowest BCUT2D eigenvalue weighted by Crippen LogP contribution is -2.42. The van der Waals surface area contributed by atoms with Crippen LogP contribution < -0.4 is 10.6 Å². The van der Waals surface area contributed by atoms with E-state index in [0.717, 1.165) is 29.7 Å². The van der Waals surface area contributed by atoms with Crippen molar-refractivity contribution >= 4 is 51.3 Å². The normalized spacial score (nSPS) is 16.9. The third-order valence-electron chi connectivity index (χ3n) is 4.74. The number of rotatable bonds is 10. The first kappa shape index (κ1) is 27.6. The predicted octanol–water partition coefficient (Wildman–Crippen LogP) is 3.66. The molecule has 2 N–H and O–H groups in total. The van der Waals surface area contributed by atoms with Crippen molar-refractivity contribution < 1.29 is 13.2 Å². The van der Waals surface area contributed by atoms with Crippen LogP contribution in [0.2, 0.25) is 0 Å². The SMILES string of the molecule is CCNC(=NCc1ccc(S(=O)(=O)N2CCOCC2)s1)NC(C)CCCC(C)C.I. The molecule has 0 saturated carbocycles. The molecular weight excluding hydrogens is 535 g/mol. The number of thiophene rings is 1. The Morgan fingerprint density at radius 2 is 1.93 bits per heavy atom. The Morgan fingerprint density at radius 1 is 1.23 bits per heavy atom. The lowest BCUT2D eigenvalue weighted by molar-refractivity contribution is 0.0731. The fourth-order valence-corrected chi connectivity index (χ4v) is 5.95. The van der Waals surface area contributed by atoms with Gasteiger partial charge < -0.3 is 15.4 Å². The van der Waals surface area contributed by atoms with Crippen molar-refractivity contribution in [3.05, 3.63) is 17.0 Å². The molecule has 2 heterocycles. The molecule has 1 aliphatic heterocycles. The van der Waals surface area contributed by atoms with Crippen molar-refractivity contribution in [1.82, 2.24) is 14.9 Å². The van der Waals surface area contributed by atoms with Gasteiger partial charge in [-0.1, -0.05) is 26.7 Å². The fraction of sp³-hybridized carbons (Fsp3) is 0.750. The van der Waals surface area contributed by atoms with Crippen LogP contribution in [0.5, 0.6) is 0 Å². The Balaban J connectivity index is 0.00000450. The van der Waals surface area contributed by atoms with Crippen molar-refractivity contribution in [2.45, 2.75) is 63.8 Å². The van der Waals surface area contributed by atoms with Gasteiger partial charge in [-0.15, -0.1) is 35.3 Å². The van der Waals surface area contributed by atoms with Crippen LogP contribution in [0.1, 0.15) is 51.8 Å². The Kier molecular flexibility index (Phi) is 12.8. The molecule has 10 heteroatoms. The molecule has 174 valence electrons. The summed E-state index contributed by atoms with van der Waals surface area (Å²) in [5.74, 6) is 1.50. The topological polar surface area (TPSA) is 83.0 Å². The molecule has 1 fully saturated rings. The zero-order valence-corrected chi connectivity index (χ0v) is 22.5. The van der Waals surface area contributed by atoms with Gasteiger partial charge in [0.1, 0.15) is 4.21 Å². The van der Waals surface area contributed by atoms with E-state index in [2.05, 4.69) is 36.4 Å². The summed E-state index contributed by atoms with van der Waals surface area (Å²) < 4.78 is 32.6. The van der Waals surface area contributed by atoms with Crippen LogP contribution in [0.15, 0.2) is 21.3 Å². The minimum Gasteiger partial charge on any atom is -0.379 e. The molecule has 0 aliphatic carbocycles. The molecule has 1 atom stereocenters. The highest BCUT2D eigenvalue weighted by Crippen LogP contribution is 2.26. The summed E-state index contributed by atoms with van der Waals surface area (Å²) in [7, 11) is -3.43. The van der Waals surface area contributed by atoms with Gasteiger partial charge in [0, 0.05) is 30.6 Å². The molecule has 0 bridgehead atoms. The second kappa shape index (κ2) is 13.9. The van der Waals surface area contributed by atoms with Gasteiger partial charge in [0.05, 0.1) is 19.8 Å². The average Bonchev–Trinajstić information content (AvgIpc) is 3.16. The second-order valence-corrected chi connectivity index (χ2v) is 11.1. The van der Waals surface area contributed by atoms with Gasteiger partial charge in [-0.25, -0.2) is 13.4 Å². The molecule has 1 aliphatic rings. The number of hydrogen-bond acceptors (Lipinski definition) is 5. The maximum absolute atomic E-state index is 12.8. The smallest absolute Gasteiger partial charge is 0.252 e. The molecule has 0 spiro atoms. The summed E-state index contributed by atoms with van der Waals surface area (Å²) in [6.45, 7) is 11.7. The summed E-state index contributed by atoms with van der Waals surface area (Å²) in [5.41, 5.74) is 0. The highest BCUT2D eigenvalue weighted by Gasteiger charge is 2.27. The Morgan fingerprint density at radius 3 is 2.57 bits per heavy atom. The van der Waals surface area contributed by atoms with Crippen LogP contribution in [0.3, 0.4) is 0 Å². The van der Waals surface area contributed by atoms with E-state index in [1.807, 2.05) is 13.0 Å². The fourth-order valence-electron chi connectivity index (χ4n) is 3.11. The van der Waals surface area contributed by atoms with Gasteiger partial charge >= 0.3 is 0 Å². The number of guanidine groups is 1. The zero-order valence-electron chi connectivity index (χ0n) is 18.5. The lowest BCUT2D eigenvalue weighted by atomic mass is 10.0. The van der Waals surface area contributed by atoms with E-state index in [-0.39, 0.29) is 24.0 Å². The van der Waals surface area contributed by atoms with E-state index in [1.165, 1.54) is 28.5 Å². The van der Waals surface area contributed by atoms with Gasteiger partial charge in [-0.3, -0.25) is 0 Å². The summed E-state index contributed by atoms with van der Waals surface area (Å²) in [4.78, 5) is 5.58. The third-order valence-corrected chi connectivity index (χ3v) is 8.18. The monoisotopic (exact) mass is 572 g/mol. The van der Waals surface area contributed by atoms with E-state index in [0.29, 0.717) is 43.1 Å². The molecule has 30 heavy (non-hydrogen) atoms. The first-order valence-corrected chi connectivity index (χ1v) is 12.8. The Hall–Kier alpha value is -0.430. The Labute approximate surface area is 203 Å². The van der Waals surface area contributed by atoms with Gasteiger partial charge in [0.25, 0.3) is 10.0 Å². The highest BCUT2D eigenvalue weighted by atomic mass is 127. The number of ether oxygens (including phenoxy) is 1. The minimum absolute atomic E-state index is 0. The lowest BCUT2D eigenvalue weighted by Gasteiger charge is -2.25. The van der Waals surface area contributed by atoms with Gasteiger partial charge in [-0.05, 0) is 38.3 Å². The maximum Gasteiger partial charge on any atom is 0.252 e. The van der Waals surface area contributed by atoms with E-state index < -0.39 is 10.0 Å². The number of morpholine rings is 1. The first-order valence-electron chi connectivity index (χ1n) is 10.5. The summed E-state index contributed by atoms with van der Waals surface area (Å²) >= 11 is 1.30. The number of nitrogens with one attached hydrogen (secondary N) is 2. The number of halogens is 1. The quantitative estimate of drug-likeness (QED) is 0.254. The molecule has 0 radical (unpaired) electrons. The largest absolute Gasteiger partial charge is 0.379 e. The molecule has 1 unspecified atom stereocenters. The number of aliphatic imine (C=N–C) groups is 1. The molecule has 2 rings (SSSR count). The first-order chi connectivity index (χ1) is 13.8. The molecule has 1 aromatic rings. The van der Waals surface area contributed by atoms with Crippen LogP contribution in [-0.2, 0) is 21.3 Å². The van der Waals surface area contributed by atoms with Crippen molar-refractivity contribution in [3.8, 4) is 0 Å². The van der Waals surface area contributed by atoms with Crippen LogP contribution in [0, 0.1) is 5.92 Å². The van der Waals surface area contributed by atoms with E-state index >= 15 is 0 Å². The summed E-state index contributed by atoms with van der Waals surface area (Å²) in [6, 6.07) is 3.89.